The molecule has 0 unspecified atom stereocenters. The number of nitrogens with one attached hydrogen (secondary N) is 2. The molecule has 2 aromatic rings. The van der Waals surface area contributed by atoms with Gasteiger partial charge in [0.1, 0.15) is 5.82 Å². The van der Waals surface area contributed by atoms with Crippen molar-refractivity contribution in [1.82, 2.24) is 4.98 Å². The minimum atomic E-state index is -0.477. The highest BCUT2D eigenvalue weighted by Gasteiger charge is 2.39. The van der Waals surface area contributed by atoms with Crippen LogP contribution in [0.3, 0.4) is 0 Å². The molecule has 120 valence electrons. The van der Waals surface area contributed by atoms with Gasteiger partial charge in [-0.2, -0.15) is 0 Å². The van der Waals surface area contributed by atoms with Crippen LogP contribution in [0.5, 0.6) is 0 Å². The van der Waals surface area contributed by atoms with E-state index < -0.39 is 5.82 Å². The zero-order valence-electron chi connectivity index (χ0n) is 12.7. The maximum absolute atomic E-state index is 14.2. The van der Waals surface area contributed by atoms with Gasteiger partial charge in [0.2, 0.25) is 11.8 Å². The van der Waals surface area contributed by atoms with E-state index in [4.69, 9.17) is 0 Å². The summed E-state index contributed by atoms with van der Waals surface area (Å²) in [7, 11) is 0. The molecule has 1 heterocycles. The second kappa shape index (κ2) is 6.08. The Morgan fingerprint density at radius 1 is 1.35 bits per heavy atom. The molecule has 0 radical (unpaired) electrons. The number of thiazole rings is 1. The summed E-state index contributed by atoms with van der Waals surface area (Å²) in [5.41, 5.74) is 1.18. The number of carbonyl (C=O) groups excluding carboxylic acids is 2. The third kappa shape index (κ3) is 3.56. The Morgan fingerprint density at radius 2 is 2.09 bits per heavy atom. The number of rotatable bonds is 4. The van der Waals surface area contributed by atoms with Crippen molar-refractivity contribution in [1.29, 1.82) is 0 Å². The summed E-state index contributed by atoms with van der Waals surface area (Å²) in [6, 6.07) is 4.42. The van der Waals surface area contributed by atoms with Crippen LogP contribution in [0.25, 0.3) is 11.3 Å². The summed E-state index contributed by atoms with van der Waals surface area (Å²) in [6.07, 6.45) is 0.906. The molecule has 1 aliphatic rings. The third-order valence-corrected chi connectivity index (χ3v) is 4.50. The van der Waals surface area contributed by atoms with Gasteiger partial charge in [0.15, 0.2) is 5.13 Å². The number of halogens is 1. The van der Waals surface area contributed by atoms with E-state index in [-0.39, 0.29) is 17.7 Å². The molecule has 2 amide bonds. The molecular formula is C16H16FN3O2S. The first-order valence-electron chi connectivity index (χ1n) is 7.28. The number of anilines is 2. The summed E-state index contributed by atoms with van der Waals surface area (Å²) >= 11 is 1.26. The van der Waals surface area contributed by atoms with Gasteiger partial charge in [0.05, 0.1) is 5.69 Å². The van der Waals surface area contributed by atoms with E-state index in [0.717, 1.165) is 6.42 Å². The average molecular weight is 333 g/mol. The van der Waals surface area contributed by atoms with Crippen LogP contribution in [-0.2, 0) is 9.59 Å². The lowest BCUT2D eigenvalue weighted by Crippen LogP contribution is -2.14. The van der Waals surface area contributed by atoms with Gasteiger partial charge in [-0.15, -0.1) is 11.3 Å². The Balaban J connectivity index is 1.74. The maximum Gasteiger partial charge on any atom is 0.229 e. The summed E-state index contributed by atoms with van der Waals surface area (Å²) in [6.45, 7) is 3.39. The van der Waals surface area contributed by atoms with Crippen LogP contribution in [0.4, 0.5) is 15.2 Å². The highest BCUT2D eigenvalue weighted by Crippen LogP contribution is 2.39. The molecule has 1 aliphatic carbocycles. The molecule has 7 heteroatoms. The first-order chi connectivity index (χ1) is 10.9. The molecule has 0 bridgehead atoms. The van der Waals surface area contributed by atoms with E-state index >= 15 is 0 Å². The maximum atomic E-state index is 14.2. The zero-order valence-corrected chi connectivity index (χ0v) is 13.5. The average Bonchev–Trinajstić information content (AvgIpc) is 3.03. The molecule has 1 fully saturated rings. The van der Waals surface area contributed by atoms with Crippen LogP contribution in [0.1, 0.15) is 20.3 Å². The van der Waals surface area contributed by atoms with Crippen molar-refractivity contribution in [2.75, 3.05) is 10.6 Å². The van der Waals surface area contributed by atoms with Crippen molar-refractivity contribution in [3.8, 4) is 11.3 Å². The van der Waals surface area contributed by atoms with Crippen molar-refractivity contribution in [3.63, 3.8) is 0 Å². The molecule has 0 spiro atoms. The Bertz CT molecular complexity index is 774. The zero-order chi connectivity index (χ0) is 16.6. The van der Waals surface area contributed by atoms with E-state index in [2.05, 4.69) is 15.6 Å². The van der Waals surface area contributed by atoms with E-state index in [1.807, 2.05) is 6.92 Å². The number of nitrogens with zero attached hydrogens (tertiary/aromatic N) is 1. The predicted molar refractivity (Wildman–Crippen MR) is 87.7 cm³/mol. The minimum Gasteiger partial charge on any atom is -0.326 e. The van der Waals surface area contributed by atoms with Gasteiger partial charge in [-0.25, -0.2) is 9.37 Å². The molecule has 0 aliphatic heterocycles. The number of hydrogen-bond acceptors (Lipinski definition) is 4. The Kier molecular flexibility index (Phi) is 4.12. The van der Waals surface area contributed by atoms with Crippen LogP contribution in [-0.4, -0.2) is 16.8 Å². The Morgan fingerprint density at radius 3 is 2.70 bits per heavy atom. The van der Waals surface area contributed by atoms with Crippen molar-refractivity contribution < 1.29 is 14.0 Å². The fourth-order valence-corrected chi connectivity index (χ4v) is 3.06. The van der Waals surface area contributed by atoms with Crippen LogP contribution in [0.15, 0.2) is 23.6 Å². The van der Waals surface area contributed by atoms with E-state index in [1.165, 1.54) is 24.3 Å². The first kappa shape index (κ1) is 15.6. The van der Waals surface area contributed by atoms with E-state index in [0.29, 0.717) is 28.0 Å². The lowest BCUT2D eigenvalue weighted by atomic mass is 10.1. The summed E-state index contributed by atoms with van der Waals surface area (Å²) < 4.78 is 14.2. The van der Waals surface area contributed by atoms with Gasteiger partial charge in [-0.3, -0.25) is 9.59 Å². The van der Waals surface area contributed by atoms with Crippen LogP contribution in [0, 0.1) is 17.7 Å². The van der Waals surface area contributed by atoms with Gasteiger partial charge in [0, 0.05) is 29.5 Å². The van der Waals surface area contributed by atoms with Gasteiger partial charge in [0.25, 0.3) is 0 Å². The molecule has 2 N–H and O–H groups in total. The molecule has 23 heavy (non-hydrogen) atoms. The summed E-state index contributed by atoms with van der Waals surface area (Å²) in [5.74, 6) is -0.274. The molecular weight excluding hydrogens is 317 g/mol. The monoisotopic (exact) mass is 333 g/mol. The molecule has 1 aromatic carbocycles. The lowest BCUT2D eigenvalue weighted by Gasteiger charge is -2.05. The number of aromatic nitrogens is 1. The number of benzene rings is 1. The second-order valence-electron chi connectivity index (χ2n) is 5.72. The fraction of sp³-hybridized carbons (Fsp3) is 0.312. The van der Waals surface area contributed by atoms with E-state index in [1.54, 1.807) is 17.5 Å². The van der Waals surface area contributed by atoms with Crippen molar-refractivity contribution >= 4 is 34.0 Å². The molecule has 0 saturated heterocycles. The summed E-state index contributed by atoms with van der Waals surface area (Å²) in [5, 5.41) is 7.46. The van der Waals surface area contributed by atoms with Gasteiger partial charge in [-0.05, 0) is 30.5 Å². The molecule has 1 saturated carbocycles. The van der Waals surface area contributed by atoms with Crippen LogP contribution in [0.2, 0.25) is 0 Å². The lowest BCUT2D eigenvalue weighted by molar-refractivity contribution is -0.117. The Labute approximate surface area is 136 Å². The van der Waals surface area contributed by atoms with Crippen LogP contribution >= 0.6 is 11.3 Å². The third-order valence-electron chi connectivity index (χ3n) is 3.75. The SMILES string of the molecule is CC(=O)Nc1ccc(-c2csc(NC(=O)[C@H]3C[C@H]3C)n2)c(F)c1. The van der Waals surface area contributed by atoms with E-state index in [9.17, 15) is 14.0 Å². The van der Waals surface area contributed by atoms with Crippen molar-refractivity contribution in [2.24, 2.45) is 11.8 Å². The fourth-order valence-electron chi connectivity index (χ4n) is 2.34. The topological polar surface area (TPSA) is 71.1 Å². The predicted octanol–water partition coefficient (Wildman–Crippen LogP) is 3.50. The minimum absolute atomic E-state index is 0.0279. The largest absolute Gasteiger partial charge is 0.326 e. The highest BCUT2D eigenvalue weighted by atomic mass is 32.1. The normalized spacial score (nSPS) is 19.3. The Hall–Kier alpha value is -2.28. The summed E-state index contributed by atoms with van der Waals surface area (Å²) in [4.78, 5) is 27.1. The number of amides is 2. The first-order valence-corrected chi connectivity index (χ1v) is 8.16. The molecule has 3 rings (SSSR count). The van der Waals surface area contributed by atoms with Crippen LogP contribution < -0.4 is 10.6 Å². The van der Waals surface area contributed by atoms with Gasteiger partial charge >= 0.3 is 0 Å². The van der Waals surface area contributed by atoms with Gasteiger partial charge in [-0.1, -0.05) is 6.92 Å². The second-order valence-corrected chi connectivity index (χ2v) is 6.58. The number of hydrogen-bond donors (Lipinski definition) is 2. The van der Waals surface area contributed by atoms with Crippen molar-refractivity contribution in [2.45, 2.75) is 20.3 Å². The van der Waals surface area contributed by atoms with Crippen molar-refractivity contribution in [3.05, 3.63) is 29.4 Å². The quantitative estimate of drug-likeness (QED) is 0.899. The molecule has 5 nitrogen and oxygen atoms in total. The molecule has 2 atom stereocenters. The highest BCUT2D eigenvalue weighted by molar-refractivity contribution is 7.14. The smallest absolute Gasteiger partial charge is 0.229 e. The number of carbonyl (C=O) groups is 2. The molecule has 1 aromatic heterocycles. The van der Waals surface area contributed by atoms with Gasteiger partial charge < -0.3 is 10.6 Å². The standard InChI is InChI=1S/C16H16FN3O2S/c1-8-5-12(8)15(22)20-16-19-14(7-23-16)11-4-3-10(6-13(11)17)18-9(2)21/h3-4,6-8,12H,5H2,1-2H3,(H,18,21)(H,19,20,22)/t8-,12+/m1/s1.